The molecule has 1 amide bonds. The molecule has 0 aromatic heterocycles. The Morgan fingerprint density at radius 2 is 2.20 bits per heavy atom. The molecular weight excluding hydrogens is 188 g/mol. The molecule has 0 spiro atoms. The van der Waals surface area contributed by atoms with Gasteiger partial charge >= 0.3 is 0 Å². The van der Waals surface area contributed by atoms with Crippen molar-refractivity contribution in [2.24, 2.45) is 11.7 Å². The molecule has 2 unspecified atom stereocenters. The molecule has 0 aliphatic carbocycles. The maximum Gasteiger partial charge on any atom is 0.246 e. The van der Waals surface area contributed by atoms with E-state index in [9.17, 15) is 4.79 Å². The van der Waals surface area contributed by atoms with E-state index in [4.69, 9.17) is 5.73 Å². The third-order valence-electron chi connectivity index (χ3n) is 2.93. The second-order valence-electron chi connectivity index (χ2n) is 4.77. The van der Waals surface area contributed by atoms with Gasteiger partial charge in [0.25, 0.3) is 0 Å². The first-order valence-electron chi connectivity index (χ1n) is 5.70. The van der Waals surface area contributed by atoms with Crippen LogP contribution in [-0.4, -0.2) is 29.9 Å². The summed E-state index contributed by atoms with van der Waals surface area (Å²) in [5, 5.41) is 0. The number of piperidine rings is 1. The lowest BCUT2D eigenvalue weighted by Crippen LogP contribution is -2.44. The fourth-order valence-electron chi connectivity index (χ4n) is 1.98. The quantitative estimate of drug-likeness (QED) is 0.703. The van der Waals surface area contributed by atoms with E-state index in [1.807, 2.05) is 25.7 Å². The van der Waals surface area contributed by atoms with Crippen molar-refractivity contribution in [1.29, 1.82) is 0 Å². The zero-order valence-electron chi connectivity index (χ0n) is 9.99. The topological polar surface area (TPSA) is 46.3 Å². The first-order valence-corrected chi connectivity index (χ1v) is 5.70. The first-order chi connectivity index (χ1) is 7.00. The number of carbonyl (C=O) groups is 1. The molecule has 1 heterocycles. The van der Waals surface area contributed by atoms with E-state index < -0.39 is 0 Å². The van der Waals surface area contributed by atoms with Crippen molar-refractivity contribution in [3.63, 3.8) is 0 Å². The Kier molecular flexibility index (Phi) is 4.33. The Morgan fingerprint density at radius 3 is 2.73 bits per heavy atom. The van der Waals surface area contributed by atoms with Crippen LogP contribution in [0.5, 0.6) is 0 Å². The molecule has 2 atom stereocenters. The molecule has 3 nitrogen and oxygen atoms in total. The van der Waals surface area contributed by atoms with Gasteiger partial charge in [-0.2, -0.15) is 0 Å². The molecule has 1 fully saturated rings. The maximum atomic E-state index is 11.8. The lowest BCUT2D eigenvalue weighted by molar-refractivity contribution is -0.127. The standard InChI is InChI=1S/C12H22N2O/c1-9(2)7-12(15)14-6-4-5-11(8-14)10(3)13/h7,10-11H,4-6,8,13H2,1-3H3. The van der Waals surface area contributed by atoms with E-state index in [0.29, 0.717) is 5.92 Å². The van der Waals surface area contributed by atoms with Gasteiger partial charge in [0.15, 0.2) is 0 Å². The van der Waals surface area contributed by atoms with Crippen LogP contribution in [0.1, 0.15) is 33.6 Å². The van der Waals surface area contributed by atoms with Gasteiger partial charge < -0.3 is 10.6 Å². The Balaban J connectivity index is 2.56. The van der Waals surface area contributed by atoms with Crippen LogP contribution < -0.4 is 5.73 Å². The summed E-state index contributed by atoms with van der Waals surface area (Å²) in [4.78, 5) is 13.7. The number of hydrogen-bond acceptors (Lipinski definition) is 2. The minimum Gasteiger partial charge on any atom is -0.339 e. The highest BCUT2D eigenvalue weighted by molar-refractivity contribution is 5.88. The first kappa shape index (κ1) is 12.2. The Morgan fingerprint density at radius 1 is 1.53 bits per heavy atom. The molecule has 15 heavy (non-hydrogen) atoms. The Labute approximate surface area is 92.3 Å². The predicted molar refractivity (Wildman–Crippen MR) is 62.4 cm³/mol. The third kappa shape index (κ3) is 3.67. The van der Waals surface area contributed by atoms with Crippen LogP contribution in [-0.2, 0) is 4.79 Å². The van der Waals surface area contributed by atoms with Gasteiger partial charge in [-0.25, -0.2) is 0 Å². The van der Waals surface area contributed by atoms with Gasteiger partial charge in [-0.1, -0.05) is 5.57 Å². The molecule has 0 saturated carbocycles. The summed E-state index contributed by atoms with van der Waals surface area (Å²) in [6, 6.07) is 0.187. The highest BCUT2D eigenvalue weighted by Gasteiger charge is 2.24. The number of nitrogens with two attached hydrogens (primary N) is 1. The van der Waals surface area contributed by atoms with E-state index in [-0.39, 0.29) is 11.9 Å². The van der Waals surface area contributed by atoms with Crippen molar-refractivity contribution in [2.45, 2.75) is 39.7 Å². The lowest BCUT2D eigenvalue weighted by Gasteiger charge is -2.34. The van der Waals surface area contributed by atoms with Gasteiger partial charge in [-0.15, -0.1) is 0 Å². The van der Waals surface area contributed by atoms with Crippen LogP contribution in [0.25, 0.3) is 0 Å². The van der Waals surface area contributed by atoms with Gasteiger partial charge in [0, 0.05) is 25.2 Å². The second kappa shape index (κ2) is 5.31. The zero-order chi connectivity index (χ0) is 11.4. The fraction of sp³-hybridized carbons (Fsp3) is 0.750. The van der Waals surface area contributed by atoms with Gasteiger partial charge in [0.2, 0.25) is 5.91 Å². The highest BCUT2D eigenvalue weighted by atomic mass is 16.2. The average molecular weight is 210 g/mol. The van der Waals surface area contributed by atoms with E-state index in [1.165, 1.54) is 0 Å². The molecule has 1 aliphatic rings. The monoisotopic (exact) mass is 210 g/mol. The van der Waals surface area contributed by atoms with Gasteiger partial charge in [0.05, 0.1) is 0 Å². The zero-order valence-corrected chi connectivity index (χ0v) is 9.99. The molecule has 3 heteroatoms. The summed E-state index contributed by atoms with van der Waals surface area (Å²) in [5.74, 6) is 0.605. The van der Waals surface area contributed by atoms with Crippen LogP contribution in [0.4, 0.5) is 0 Å². The van der Waals surface area contributed by atoms with Crippen LogP contribution in [0, 0.1) is 5.92 Å². The molecular formula is C12H22N2O. The number of likely N-dealkylation sites (tertiary alicyclic amines) is 1. The van der Waals surface area contributed by atoms with E-state index in [2.05, 4.69) is 0 Å². The van der Waals surface area contributed by atoms with Crippen molar-refractivity contribution in [1.82, 2.24) is 4.90 Å². The van der Waals surface area contributed by atoms with Crippen molar-refractivity contribution >= 4 is 5.91 Å². The predicted octanol–water partition coefficient (Wildman–Crippen LogP) is 1.54. The lowest BCUT2D eigenvalue weighted by atomic mass is 9.92. The number of allylic oxidation sites excluding steroid dienone is 1. The van der Waals surface area contributed by atoms with Crippen molar-refractivity contribution < 1.29 is 4.79 Å². The maximum absolute atomic E-state index is 11.8. The molecule has 1 rings (SSSR count). The Bertz CT molecular complexity index is 254. The van der Waals surface area contributed by atoms with Crippen molar-refractivity contribution in [2.75, 3.05) is 13.1 Å². The Hall–Kier alpha value is -0.830. The van der Waals surface area contributed by atoms with Crippen LogP contribution in [0.3, 0.4) is 0 Å². The summed E-state index contributed by atoms with van der Waals surface area (Å²) in [7, 11) is 0. The van der Waals surface area contributed by atoms with E-state index >= 15 is 0 Å². The van der Waals surface area contributed by atoms with Crippen molar-refractivity contribution in [3.05, 3.63) is 11.6 Å². The summed E-state index contributed by atoms with van der Waals surface area (Å²) in [6.45, 7) is 7.63. The fourth-order valence-corrected chi connectivity index (χ4v) is 1.98. The van der Waals surface area contributed by atoms with Crippen LogP contribution in [0.2, 0.25) is 0 Å². The van der Waals surface area contributed by atoms with Crippen LogP contribution in [0.15, 0.2) is 11.6 Å². The van der Waals surface area contributed by atoms with E-state index in [0.717, 1.165) is 31.5 Å². The van der Waals surface area contributed by atoms with Crippen LogP contribution >= 0.6 is 0 Å². The average Bonchev–Trinajstić information content (AvgIpc) is 2.17. The number of rotatable bonds is 2. The molecule has 0 aromatic rings. The smallest absolute Gasteiger partial charge is 0.246 e. The minimum atomic E-state index is 0.139. The molecule has 0 bridgehead atoms. The van der Waals surface area contributed by atoms with E-state index in [1.54, 1.807) is 6.08 Å². The SMILES string of the molecule is CC(C)=CC(=O)N1CCCC(C(C)N)C1. The molecule has 0 aromatic carbocycles. The second-order valence-corrected chi connectivity index (χ2v) is 4.77. The van der Waals surface area contributed by atoms with Crippen molar-refractivity contribution in [3.8, 4) is 0 Å². The summed E-state index contributed by atoms with van der Waals surface area (Å²) < 4.78 is 0. The third-order valence-corrected chi connectivity index (χ3v) is 2.93. The molecule has 0 radical (unpaired) electrons. The summed E-state index contributed by atoms with van der Waals surface area (Å²) in [6.07, 6.45) is 3.94. The minimum absolute atomic E-state index is 0.139. The largest absolute Gasteiger partial charge is 0.339 e. The molecule has 1 aliphatic heterocycles. The molecule has 2 N–H and O–H groups in total. The summed E-state index contributed by atoms with van der Waals surface area (Å²) in [5.41, 5.74) is 6.94. The normalized spacial score (nSPS) is 23.5. The van der Waals surface area contributed by atoms with Gasteiger partial charge in [-0.3, -0.25) is 4.79 Å². The molecule has 1 saturated heterocycles. The van der Waals surface area contributed by atoms with Gasteiger partial charge in [0.1, 0.15) is 0 Å². The number of carbonyl (C=O) groups excluding carboxylic acids is 1. The van der Waals surface area contributed by atoms with Gasteiger partial charge in [-0.05, 0) is 39.5 Å². The highest BCUT2D eigenvalue weighted by Crippen LogP contribution is 2.19. The summed E-state index contributed by atoms with van der Waals surface area (Å²) >= 11 is 0. The number of nitrogens with zero attached hydrogens (tertiary/aromatic N) is 1. The molecule has 86 valence electrons. The number of amides is 1. The number of hydrogen-bond donors (Lipinski definition) is 1.